The van der Waals surface area contributed by atoms with Crippen molar-refractivity contribution >= 4 is 5.97 Å². The molecule has 5 nitrogen and oxygen atoms in total. The maximum absolute atomic E-state index is 10.5. The van der Waals surface area contributed by atoms with Crippen molar-refractivity contribution in [2.75, 3.05) is 7.11 Å². The minimum absolute atomic E-state index is 0.113. The first-order valence-electron chi connectivity index (χ1n) is 4.66. The van der Waals surface area contributed by atoms with E-state index in [1.807, 2.05) is 13.8 Å². The number of hydrogen-bond acceptors (Lipinski definition) is 4. The summed E-state index contributed by atoms with van der Waals surface area (Å²) in [6.07, 6.45) is -0.113. The Bertz CT molecular complexity index is 364. The lowest BCUT2D eigenvalue weighted by atomic mass is 10.1. The number of carboxylic acid groups (broad SMARTS) is 1. The molecule has 0 radical (unpaired) electrons. The number of nitrogens with zero attached hydrogens (tertiary/aromatic N) is 2. The fourth-order valence-electron chi connectivity index (χ4n) is 1.13. The fourth-order valence-corrected chi connectivity index (χ4v) is 1.13. The van der Waals surface area contributed by atoms with Crippen LogP contribution in [0.3, 0.4) is 0 Å². The molecule has 0 amide bonds. The molecule has 0 spiro atoms. The Morgan fingerprint density at radius 2 is 2.20 bits per heavy atom. The van der Waals surface area contributed by atoms with Crippen molar-refractivity contribution in [2.45, 2.75) is 26.2 Å². The van der Waals surface area contributed by atoms with Crippen molar-refractivity contribution in [3.63, 3.8) is 0 Å². The van der Waals surface area contributed by atoms with Gasteiger partial charge in [-0.3, -0.25) is 4.79 Å². The van der Waals surface area contributed by atoms with Gasteiger partial charge in [0, 0.05) is 0 Å². The molecule has 0 unspecified atom stereocenters. The molecular formula is C10H14N2O3. The van der Waals surface area contributed by atoms with Crippen LogP contribution in [0, 0.1) is 0 Å². The number of aliphatic carboxylic acids is 1. The predicted octanol–water partition coefficient (Wildman–Crippen LogP) is 1.24. The van der Waals surface area contributed by atoms with Gasteiger partial charge in [-0.05, 0) is 12.0 Å². The van der Waals surface area contributed by atoms with Gasteiger partial charge in [0.2, 0.25) is 0 Å². The van der Waals surface area contributed by atoms with E-state index in [1.165, 1.54) is 7.11 Å². The molecule has 1 rings (SSSR count). The van der Waals surface area contributed by atoms with Crippen molar-refractivity contribution in [2.24, 2.45) is 0 Å². The minimum Gasteiger partial charge on any atom is -0.481 e. The second-order valence-electron chi connectivity index (χ2n) is 3.50. The summed E-state index contributed by atoms with van der Waals surface area (Å²) in [5, 5.41) is 8.66. The van der Waals surface area contributed by atoms with Gasteiger partial charge in [-0.1, -0.05) is 13.8 Å². The van der Waals surface area contributed by atoms with Crippen LogP contribution in [-0.4, -0.2) is 28.2 Å². The van der Waals surface area contributed by atoms with Gasteiger partial charge in [0.1, 0.15) is 0 Å². The topological polar surface area (TPSA) is 72.3 Å². The molecule has 0 saturated heterocycles. The Morgan fingerprint density at radius 1 is 1.53 bits per heavy atom. The minimum atomic E-state index is -0.912. The third-order valence-electron chi connectivity index (χ3n) is 1.88. The Hall–Kier alpha value is -1.65. The van der Waals surface area contributed by atoms with E-state index in [-0.39, 0.29) is 18.3 Å². The first kappa shape index (κ1) is 11.4. The molecule has 0 aliphatic heterocycles. The maximum Gasteiger partial charge on any atom is 0.316 e. The summed E-state index contributed by atoms with van der Waals surface area (Å²) in [4.78, 5) is 18.6. The lowest BCUT2D eigenvalue weighted by Gasteiger charge is -2.07. The summed E-state index contributed by atoms with van der Waals surface area (Å²) in [5.41, 5.74) is 1.26. The first-order chi connectivity index (χ1) is 7.02. The van der Waals surface area contributed by atoms with Crippen LogP contribution in [0.2, 0.25) is 0 Å². The normalized spacial score (nSPS) is 10.4. The van der Waals surface area contributed by atoms with E-state index in [4.69, 9.17) is 9.84 Å². The van der Waals surface area contributed by atoms with Crippen molar-refractivity contribution in [3.8, 4) is 6.01 Å². The van der Waals surface area contributed by atoms with Crippen LogP contribution in [0.4, 0.5) is 0 Å². The van der Waals surface area contributed by atoms with Crippen molar-refractivity contribution in [3.05, 3.63) is 17.5 Å². The predicted molar refractivity (Wildman–Crippen MR) is 54.0 cm³/mol. The lowest BCUT2D eigenvalue weighted by molar-refractivity contribution is -0.136. The molecule has 1 aromatic heterocycles. The van der Waals surface area contributed by atoms with Gasteiger partial charge in [-0.15, -0.1) is 0 Å². The van der Waals surface area contributed by atoms with Gasteiger partial charge in [0.15, 0.2) is 0 Å². The molecule has 15 heavy (non-hydrogen) atoms. The maximum atomic E-state index is 10.5. The highest BCUT2D eigenvalue weighted by atomic mass is 16.5. The number of rotatable bonds is 4. The van der Waals surface area contributed by atoms with E-state index < -0.39 is 5.97 Å². The molecule has 0 bridgehead atoms. The van der Waals surface area contributed by atoms with Gasteiger partial charge in [0.05, 0.1) is 24.9 Å². The number of aromatic nitrogens is 2. The quantitative estimate of drug-likeness (QED) is 0.809. The van der Waals surface area contributed by atoms with Crippen LogP contribution in [0.15, 0.2) is 6.07 Å². The third kappa shape index (κ3) is 3.19. The van der Waals surface area contributed by atoms with Crippen molar-refractivity contribution in [1.82, 2.24) is 9.97 Å². The lowest BCUT2D eigenvalue weighted by Crippen LogP contribution is -2.07. The molecule has 0 aromatic carbocycles. The van der Waals surface area contributed by atoms with Gasteiger partial charge in [0.25, 0.3) is 0 Å². The zero-order valence-electron chi connectivity index (χ0n) is 9.02. The van der Waals surface area contributed by atoms with Crippen molar-refractivity contribution < 1.29 is 14.6 Å². The standard InChI is InChI=1S/C10H14N2O3/c1-6(2)8-4-7(5-9(13)14)11-10(12-8)15-3/h4,6H,5H2,1-3H3,(H,13,14). The Morgan fingerprint density at radius 3 is 2.67 bits per heavy atom. The number of hydrogen-bond donors (Lipinski definition) is 1. The molecule has 0 saturated carbocycles. The first-order valence-corrected chi connectivity index (χ1v) is 4.66. The number of methoxy groups -OCH3 is 1. The molecule has 1 N–H and O–H groups in total. The van der Waals surface area contributed by atoms with Crippen LogP contribution >= 0.6 is 0 Å². The van der Waals surface area contributed by atoms with Crippen LogP contribution in [-0.2, 0) is 11.2 Å². The summed E-state index contributed by atoms with van der Waals surface area (Å²) in [6.45, 7) is 3.96. The summed E-state index contributed by atoms with van der Waals surface area (Å²) < 4.78 is 4.91. The molecule has 0 fully saturated rings. The number of carbonyl (C=O) groups is 1. The average molecular weight is 210 g/mol. The van der Waals surface area contributed by atoms with Crippen LogP contribution in [0.5, 0.6) is 6.01 Å². The Balaban J connectivity index is 3.05. The molecule has 1 aromatic rings. The molecule has 0 aliphatic carbocycles. The van der Waals surface area contributed by atoms with Gasteiger partial charge >= 0.3 is 12.0 Å². The highest BCUT2D eigenvalue weighted by molar-refractivity contribution is 5.69. The van der Waals surface area contributed by atoms with E-state index in [2.05, 4.69) is 9.97 Å². The van der Waals surface area contributed by atoms with E-state index in [9.17, 15) is 4.79 Å². The van der Waals surface area contributed by atoms with Crippen LogP contribution < -0.4 is 4.74 Å². The van der Waals surface area contributed by atoms with Crippen LogP contribution in [0.25, 0.3) is 0 Å². The van der Waals surface area contributed by atoms with E-state index in [1.54, 1.807) is 6.07 Å². The molecule has 0 atom stereocenters. The molecule has 1 heterocycles. The Labute approximate surface area is 88.1 Å². The smallest absolute Gasteiger partial charge is 0.316 e. The number of carboxylic acids is 1. The van der Waals surface area contributed by atoms with E-state index in [0.29, 0.717) is 5.69 Å². The van der Waals surface area contributed by atoms with E-state index >= 15 is 0 Å². The zero-order valence-corrected chi connectivity index (χ0v) is 9.02. The SMILES string of the molecule is COc1nc(CC(=O)O)cc(C(C)C)n1. The molecule has 0 aliphatic rings. The van der Waals surface area contributed by atoms with Gasteiger partial charge in [-0.2, -0.15) is 9.97 Å². The second-order valence-corrected chi connectivity index (χ2v) is 3.50. The van der Waals surface area contributed by atoms with Crippen LogP contribution in [0.1, 0.15) is 31.2 Å². The summed E-state index contributed by atoms with van der Waals surface area (Å²) >= 11 is 0. The molecule has 5 heteroatoms. The third-order valence-corrected chi connectivity index (χ3v) is 1.88. The molecule has 82 valence electrons. The summed E-state index contributed by atoms with van der Waals surface area (Å²) in [5.74, 6) is -0.695. The summed E-state index contributed by atoms with van der Waals surface area (Å²) in [6, 6.07) is 1.92. The van der Waals surface area contributed by atoms with Gasteiger partial charge in [-0.25, -0.2) is 0 Å². The zero-order chi connectivity index (χ0) is 11.4. The van der Waals surface area contributed by atoms with Crippen molar-refractivity contribution in [1.29, 1.82) is 0 Å². The monoisotopic (exact) mass is 210 g/mol. The highest BCUT2D eigenvalue weighted by Crippen LogP contribution is 2.15. The summed E-state index contributed by atoms with van der Waals surface area (Å²) in [7, 11) is 1.46. The molecular weight excluding hydrogens is 196 g/mol. The fraction of sp³-hybridized carbons (Fsp3) is 0.500. The second kappa shape index (κ2) is 4.72. The van der Waals surface area contributed by atoms with E-state index in [0.717, 1.165) is 5.69 Å². The highest BCUT2D eigenvalue weighted by Gasteiger charge is 2.10. The number of ether oxygens (including phenoxy) is 1. The average Bonchev–Trinajstić information content (AvgIpc) is 2.16. The van der Waals surface area contributed by atoms with Gasteiger partial charge < -0.3 is 9.84 Å². The largest absolute Gasteiger partial charge is 0.481 e. The Kier molecular flexibility index (Phi) is 3.60.